The molecule has 1 aromatic carbocycles. The number of nitrogens with zero attached hydrogens (tertiary/aromatic N) is 2. The molecular formula is C14H16N2. The first-order valence-corrected chi connectivity index (χ1v) is 5.96. The number of hydrogen-bond acceptors (Lipinski definition) is 1. The van der Waals surface area contributed by atoms with E-state index in [4.69, 9.17) is 0 Å². The summed E-state index contributed by atoms with van der Waals surface area (Å²) < 4.78 is 2.37. The second-order valence-corrected chi connectivity index (χ2v) is 4.55. The molecule has 3 rings (SSSR count). The van der Waals surface area contributed by atoms with Crippen molar-refractivity contribution in [1.29, 1.82) is 0 Å². The van der Waals surface area contributed by atoms with Gasteiger partial charge in [-0.05, 0) is 32.3 Å². The molecule has 0 amide bonds. The first-order chi connectivity index (χ1) is 7.84. The van der Waals surface area contributed by atoms with Crippen molar-refractivity contribution in [1.82, 2.24) is 9.55 Å². The molecule has 0 saturated heterocycles. The van der Waals surface area contributed by atoms with Crippen LogP contribution in [0.3, 0.4) is 0 Å². The second kappa shape index (κ2) is 3.78. The molecular weight excluding hydrogens is 196 g/mol. The van der Waals surface area contributed by atoms with Crippen LogP contribution in [0.5, 0.6) is 0 Å². The maximum Gasteiger partial charge on any atom is 0.140 e. The number of aryl methyl sites for hydroxylation is 2. The normalized spacial score (nSPS) is 14.8. The van der Waals surface area contributed by atoms with E-state index in [1.807, 2.05) is 6.20 Å². The highest BCUT2D eigenvalue weighted by atomic mass is 15.1. The van der Waals surface area contributed by atoms with Gasteiger partial charge in [-0.1, -0.05) is 23.8 Å². The van der Waals surface area contributed by atoms with E-state index in [1.165, 1.54) is 36.1 Å². The zero-order chi connectivity index (χ0) is 11.0. The first kappa shape index (κ1) is 9.64. The Bertz CT molecular complexity index is 511. The van der Waals surface area contributed by atoms with Crippen LogP contribution >= 0.6 is 0 Å². The third-order valence-electron chi connectivity index (χ3n) is 3.28. The molecule has 2 heteroatoms. The third-order valence-corrected chi connectivity index (χ3v) is 3.28. The van der Waals surface area contributed by atoms with Crippen LogP contribution in [0.2, 0.25) is 0 Å². The summed E-state index contributed by atoms with van der Waals surface area (Å²) in [6.07, 6.45) is 5.80. The molecule has 1 aliphatic heterocycles. The average molecular weight is 212 g/mol. The van der Waals surface area contributed by atoms with Crippen molar-refractivity contribution in [3.63, 3.8) is 0 Å². The minimum absolute atomic E-state index is 1.12. The van der Waals surface area contributed by atoms with Crippen LogP contribution in [-0.2, 0) is 13.0 Å². The maximum absolute atomic E-state index is 4.57. The van der Waals surface area contributed by atoms with Gasteiger partial charge in [0.15, 0.2) is 0 Å². The molecule has 2 heterocycles. The van der Waals surface area contributed by atoms with E-state index in [2.05, 4.69) is 40.7 Å². The van der Waals surface area contributed by atoms with Crippen LogP contribution < -0.4 is 0 Å². The van der Waals surface area contributed by atoms with Gasteiger partial charge in [0.2, 0.25) is 0 Å². The SMILES string of the molecule is Cc1cccc(-c2ncc3n2CCCC3)c1. The fourth-order valence-electron chi connectivity index (χ4n) is 2.45. The van der Waals surface area contributed by atoms with Crippen LogP contribution in [0.4, 0.5) is 0 Å². The average Bonchev–Trinajstić information content (AvgIpc) is 2.72. The molecule has 0 aliphatic carbocycles. The van der Waals surface area contributed by atoms with Gasteiger partial charge in [0.1, 0.15) is 5.82 Å². The molecule has 0 atom stereocenters. The molecule has 2 aromatic rings. The molecule has 0 spiro atoms. The highest BCUT2D eigenvalue weighted by Gasteiger charge is 2.14. The standard InChI is InChI=1S/C14H16N2/c1-11-5-4-6-12(9-11)14-15-10-13-7-2-3-8-16(13)14/h4-6,9-10H,2-3,7-8H2,1H3. The summed E-state index contributed by atoms with van der Waals surface area (Å²) >= 11 is 0. The largest absolute Gasteiger partial charge is 0.328 e. The molecule has 0 bridgehead atoms. The number of fused-ring (bicyclic) bond motifs is 1. The quantitative estimate of drug-likeness (QED) is 0.709. The van der Waals surface area contributed by atoms with Crippen molar-refractivity contribution >= 4 is 0 Å². The summed E-state index contributed by atoms with van der Waals surface area (Å²) in [4.78, 5) is 4.57. The maximum atomic E-state index is 4.57. The fourth-order valence-corrected chi connectivity index (χ4v) is 2.45. The van der Waals surface area contributed by atoms with Gasteiger partial charge in [-0.15, -0.1) is 0 Å². The fraction of sp³-hybridized carbons (Fsp3) is 0.357. The Morgan fingerprint density at radius 2 is 2.19 bits per heavy atom. The molecule has 0 fully saturated rings. The summed E-state index contributed by atoms with van der Waals surface area (Å²) in [6.45, 7) is 3.25. The van der Waals surface area contributed by atoms with Gasteiger partial charge in [0.25, 0.3) is 0 Å². The number of imidazole rings is 1. The van der Waals surface area contributed by atoms with Crippen LogP contribution in [0.25, 0.3) is 11.4 Å². The highest BCUT2D eigenvalue weighted by Crippen LogP contribution is 2.24. The number of hydrogen-bond donors (Lipinski definition) is 0. The summed E-state index contributed by atoms with van der Waals surface area (Å²) in [5.41, 5.74) is 3.93. The van der Waals surface area contributed by atoms with Crippen molar-refractivity contribution in [3.8, 4) is 11.4 Å². The Balaban J connectivity index is 2.09. The van der Waals surface area contributed by atoms with Gasteiger partial charge < -0.3 is 4.57 Å². The van der Waals surface area contributed by atoms with Crippen molar-refractivity contribution in [2.75, 3.05) is 0 Å². The Morgan fingerprint density at radius 3 is 3.06 bits per heavy atom. The number of rotatable bonds is 1. The summed E-state index contributed by atoms with van der Waals surface area (Å²) in [5, 5.41) is 0. The summed E-state index contributed by atoms with van der Waals surface area (Å²) in [7, 11) is 0. The predicted octanol–water partition coefficient (Wildman–Crippen LogP) is 3.19. The topological polar surface area (TPSA) is 17.8 Å². The van der Waals surface area contributed by atoms with Gasteiger partial charge in [-0.2, -0.15) is 0 Å². The van der Waals surface area contributed by atoms with E-state index in [-0.39, 0.29) is 0 Å². The second-order valence-electron chi connectivity index (χ2n) is 4.55. The minimum atomic E-state index is 1.12. The van der Waals surface area contributed by atoms with Crippen molar-refractivity contribution in [2.24, 2.45) is 0 Å². The van der Waals surface area contributed by atoms with Crippen LogP contribution in [0.15, 0.2) is 30.5 Å². The molecule has 1 aliphatic rings. The van der Waals surface area contributed by atoms with Crippen LogP contribution in [-0.4, -0.2) is 9.55 Å². The van der Waals surface area contributed by atoms with E-state index in [1.54, 1.807) is 0 Å². The molecule has 0 saturated carbocycles. The van der Waals surface area contributed by atoms with Gasteiger partial charge in [-0.25, -0.2) is 4.98 Å². The molecule has 1 aromatic heterocycles. The third kappa shape index (κ3) is 1.54. The Hall–Kier alpha value is -1.57. The summed E-state index contributed by atoms with van der Waals surface area (Å²) in [5.74, 6) is 1.14. The van der Waals surface area contributed by atoms with E-state index >= 15 is 0 Å². The van der Waals surface area contributed by atoms with Gasteiger partial charge in [0.05, 0.1) is 0 Å². The Morgan fingerprint density at radius 1 is 1.25 bits per heavy atom. The zero-order valence-electron chi connectivity index (χ0n) is 9.61. The molecule has 2 nitrogen and oxygen atoms in total. The van der Waals surface area contributed by atoms with Gasteiger partial charge >= 0.3 is 0 Å². The van der Waals surface area contributed by atoms with Crippen molar-refractivity contribution < 1.29 is 0 Å². The summed E-state index contributed by atoms with van der Waals surface area (Å²) in [6, 6.07) is 8.60. The smallest absolute Gasteiger partial charge is 0.140 e. The van der Waals surface area contributed by atoms with Gasteiger partial charge in [0, 0.05) is 24.0 Å². The van der Waals surface area contributed by atoms with Gasteiger partial charge in [-0.3, -0.25) is 0 Å². The molecule has 82 valence electrons. The number of aromatic nitrogens is 2. The van der Waals surface area contributed by atoms with Crippen molar-refractivity contribution in [2.45, 2.75) is 32.7 Å². The first-order valence-electron chi connectivity index (χ1n) is 5.96. The molecule has 0 N–H and O–H groups in total. The highest BCUT2D eigenvalue weighted by molar-refractivity contribution is 5.57. The Kier molecular flexibility index (Phi) is 2.28. The lowest BCUT2D eigenvalue weighted by molar-refractivity contribution is 0.536. The van der Waals surface area contributed by atoms with E-state index in [9.17, 15) is 0 Å². The van der Waals surface area contributed by atoms with E-state index in [0.29, 0.717) is 0 Å². The molecule has 0 unspecified atom stereocenters. The predicted molar refractivity (Wildman–Crippen MR) is 65.3 cm³/mol. The molecule has 16 heavy (non-hydrogen) atoms. The lowest BCUT2D eigenvalue weighted by atomic mass is 10.1. The van der Waals surface area contributed by atoms with Crippen LogP contribution in [0.1, 0.15) is 24.1 Å². The number of benzene rings is 1. The van der Waals surface area contributed by atoms with Crippen LogP contribution in [0, 0.1) is 6.92 Å². The lowest BCUT2D eigenvalue weighted by Gasteiger charge is -2.16. The monoisotopic (exact) mass is 212 g/mol. The van der Waals surface area contributed by atoms with E-state index in [0.717, 1.165) is 12.4 Å². The minimum Gasteiger partial charge on any atom is -0.328 e. The zero-order valence-corrected chi connectivity index (χ0v) is 9.61. The lowest BCUT2D eigenvalue weighted by Crippen LogP contribution is -2.10. The van der Waals surface area contributed by atoms with Crippen molar-refractivity contribution in [3.05, 3.63) is 41.7 Å². The molecule has 0 radical (unpaired) electrons. The Labute approximate surface area is 95.9 Å². The van der Waals surface area contributed by atoms with E-state index < -0.39 is 0 Å².